The Kier molecular flexibility index (Phi) is 7.57. The number of ether oxygens (including phenoxy) is 1. The number of sulfonamides is 1. The SMILES string of the molecule is COC(=O)NS(=O)(=O)c1sc(CC(C)C)cc1-c1ccc(Cn2ccnc2C(C)(C)C)cc1C. The minimum atomic E-state index is -4.07. The predicted molar refractivity (Wildman–Crippen MR) is 136 cm³/mol. The molecule has 34 heavy (non-hydrogen) atoms. The van der Waals surface area contributed by atoms with Crippen molar-refractivity contribution in [2.24, 2.45) is 5.92 Å². The molecule has 9 heteroatoms. The quantitative estimate of drug-likeness (QED) is 0.459. The number of aryl methyl sites for hydroxylation is 1. The normalized spacial score (nSPS) is 12.2. The Morgan fingerprint density at radius 3 is 2.50 bits per heavy atom. The van der Waals surface area contributed by atoms with Gasteiger partial charge in [0.2, 0.25) is 0 Å². The second-order valence-electron chi connectivity index (χ2n) is 9.89. The third-order valence-corrected chi connectivity index (χ3v) is 8.33. The summed E-state index contributed by atoms with van der Waals surface area (Å²) in [5, 5.41) is 0. The average molecular weight is 504 g/mol. The Labute approximate surface area is 206 Å². The maximum Gasteiger partial charge on any atom is 0.420 e. The van der Waals surface area contributed by atoms with Gasteiger partial charge in [0, 0.05) is 34.8 Å². The van der Waals surface area contributed by atoms with Gasteiger partial charge in [-0.3, -0.25) is 0 Å². The van der Waals surface area contributed by atoms with Crippen LogP contribution in [0.4, 0.5) is 4.79 Å². The van der Waals surface area contributed by atoms with Gasteiger partial charge in [0.1, 0.15) is 10.0 Å². The van der Waals surface area contributed by atoms with Gasteiger partial charge in [-0.25, -0.2) is 22.9 Å². The zero-order valence-electron chi connectivity index (χ0n) is 20.8. The molecule has 2 heterocycles. The van der Waals surface area contributed by atoms with Crippen LogP contribution in [0.3, 0.4) is 0 Å². The average Bonchev–Trinajstić information content (AvgIpc) is 3.34. The molecule has 0 aliphatic heterocycles. The molecule has 0 fully saturated rings. The Hall–Kier alpha value is -2.65. The highest BCUT2D eigenvalue weighted by molar-refractivity contribution is 7.92. The third-order valence-electron chi connectivity index (χ3n) is 5.33. The van der Waals surface area contributed by atoms with Gasteiger partial charge in [0.25, 0.3) is 10.0 Å². The number of amides is 1. The molecule has 0 spiro atoms. The smallest absolute Gasteiger partial charge is 0.420 e. The second kappa shape index (κ2) is 9.92. The number of nitrogens with one attached hydrogen (secondary N) is 1. The van der Waals surface area contributed by atoms with Gasteiger partial charge in [-0.05, 0) is 42.0 Å². The molecule has 0 aliphatic rings. The maximum absolute atomic E-state index is 13.0. The van der Waals surface area contributed by atoms with E-state index in [1.807, 2.05) is 42.2 Å². The number of imidazole rings is 1. The van der Waals surface area contributed by atoms with Crippen LogP contribution in [-0.2, 0) is 33.1 Å². The van der Waals surface area contributed by atoms with Crippen molar-refractivity contribution in [2.75, 3.05) is 7.11 Å². The van der Waals surface area contributed by atoms with E-state index in [0.29, 0.717) is 18.0 Å². The van der Waals surface area contributed by atoms with Crippen LogP contribution in [0.15, 0.2) is 40.9 Å². The number of methoxy groups -OCH3 is 1. The molecule has 184 valence electrons. The van der Waals surface area contributed by atoms with Crippen LogP contribution in [0.2, 0.25) is 0 Å². The van der Waals surface area contributed by atoms with E-state index in [-0.39, 0.29) is 9.62 Å². The van der Waals surface area contributed by atoms with E-state index in [9.17, 15) is 13.2 Å². The summed E-state index contributed by atoms with van der Waals surface area (Å²) in [7, 11) is -2.94. The summed E-state index contributed by atoms with van der Waals surface area (Å²) >= 11 is 1.19. The Morgan fingerprint density at radius 2 is 1.91 bits per heavy atom. The summed E-state index contributed by atoms with van der Waals surface area (Å²) in [6, 6.07) is 7.97. The number of rotatable bonds is 7. The Balaban J connectivity index is 2.02. The summed E-state index contributed by atoms with van der Waals surface area (Å²) in [4.78, 5) is 17.1. The van der Waals surface area contributed by atoms with Crippen molar-refractivity contribution in [2.45, 2.75) is 64.1 Å². The minimum absolute atomic E-state index is 0.0716. The molecule has 0 unspecified atom stereocenters. The lowest BCUT2D eigenvalue weighted by Gasteiger charge is -2.20. The molecule has 0 saturated carbocycles. The van der Waals surface area contributed by atoms with E-state index in [2.05, 4.69) is 55.0 Å². The predicted octanol–water partition coefficient (Wildman–Crippen LogP) is 5.51. The summed E-state index contributed by atoms with van der Waals surface area (Å²) in [6.45, 7) is 13.2. The lowest BCUT2D eigenvalue weighted by Crippen LogP contribution is -2.30. The lowest BCUT2D eigenvalue weighted by molar-refractivity contribution is 0.177. The van der Waals surface area contributed by atoms with E-state index >= 15 is 0 Å². The second-order valence-corrected chi connectivity index (χ2v) is 12.9. The number of nitrogens with zero attached hydrogens (tertiary/aromatic N) is 2. The number of thiophene rings is 1. The minimum Gasteiger partial charge on any atom is -0.452 e. The van der Waals surface area contributed by atoms with Crippen LogP contribution >= 0.6 is 11.3 Å². The molecule has 2 aromatic heterocycles. The van der Waals surface area contributed by atoms with Gasteiger partial charge in [0.15, 0.2) is 0 Å². The summed E-state index contributed by atoms with van der Waals surface area (Å²) < 4.78 is 34.8. The van der Waals surface area contributed by atoms with E-state index in [1.54, 1.807) is 0 Å². The summed E-state index contributed by atoms with van der Waals surface area (Å²) in [5.74, 6) is 1.37. The van der Waals surface area contributed by atoms with Gasteiger partial charge in [0.05, 0.1) is 7.11 Å². The zero-order valence-corrected chi connectivity index (χ0v) is 22.4. The highest BCUT2D eigenvalue weighted by Gasteiger charge is 2.27. The van der Waals surface area contributed by atoms with Gasteiger partial charge in [-0.1, -0.05) is 52.8 Å². The zero-order chi connectivity index (χ0) is 25.3. The van der Waals surface area contributed by atoms with Crippen molar-refractivity contribution < 1.29 is 17.9 Å². The Morgan fingerprint density at radius 1 is 1.21 bits per heavy atom. The summed E-state index contributed by atoms with van der Waals surface area (Å²) in [6.07, 6.45) is 3.53. The van der Waals surface area contributed by atoms with Crippen LogP contribution in [0.25, 0.3) is 11.1 Å². The van der Waals surface area contributed by atoms with E-state index in [0.717, 1.165) is 40.9 Å². The largest absolute Gasteiger partial charge is 0.452 e. The van der Waals surface area contributed by atoms with Crippen LogP contribution in [0, 0.1) is 12.8 Å². The van der Waals surface area contributed by atoms with E-state index in [1.165, 1.54) is 11.3 Å². The molecule has 1 N–H and O–H groups in total. The first kappa shape index (κ1) is 26.0. The van der Waals surface area contributed by atoms with Gasteiger partial charge in [-0.15, -0.1) is 11.3 Å². The molecule has 3 aromatic rings. The van der Waals surface area contributed by atoms with Gasteiger partial charge < -0.3 is 9.30 Å². The van der Waals surface area contributed by atoms with Crippen molar-refractivity contribution in [3.8, 4) is 11.1 Å². The topological polar surface area (TPSA) is 90.3 Å². The number of carbonyl (C=O) groups excluding carboxylic acids is 1. The Bertz CT molecular complexity index is 1280. The van der Waals surface area contributed by atoms with Gasteiger partial charge >= 0.3 is 6.09 Å². The first-order valence-corrected chi connectivity index (χ1v) is 13.5. The first-order chi connectivity index (χ1) is 15.8. The molecule has 0 aliphatic carbocycles. The molecule has 1 aromatic carbocycles. The van der Waals surface area contributed by atoms with Crippen LogP contribution in [0.5, 0.6) is 0 Å². The number of hydrogen-bond acceptors (Lipinski definition) is 6. The monoisotopic (exact) mass is 503 g/mol. The van der Waals surface area contributed by atoms with Crippen LogP contribution in [0.1, 0.15) is 56.4 Å². The first-order valence-electron chi connectivity index (χ1n) is 11.2. The highest BCUT2D eigenvalue weighted by Crippen LogP contribution is 2.38. The molecule has 7 nitrogen and oxygen atoms in total. The fourth-order valence-electron chi connectivity index (χ4n) is 3.92. The molecular formula is C25H33N3O4S2. The number of carbonyl (C=O) groups is 1. The van der Waals surface area contributed by atoms with Crippen molar-refractivity contribution in [3.63, 3.8) is 0 Å². The fourth-order valence-corrected chi connectivity index (χ4v) is 6.76. The highest BCUT2D eigenvalue weighted by atomic mass is 32.2. The molecule has 0 radical (unpaired) electrons. The molecule has 0 bridgehead atoms. The maximum atomic E-state index is 13.0. The van der Waals surface area contributed by atoms with Crippen LogP contribution in [-0.4, -0.2) is 31.2 Å². The van der Waals surface area contributed by atoms with Crippen molar-refractivity contribution in [1.82, 2.24) is 14.3 Å². The van der Waals surface area contributed by atoms with Crippen molar-refractivity contribution in [1.29, 1.82) is 0 Å². The standard InChI is InChI=1S/C25H33N3O4S2/c1-16(2)12-19-14-21(22(33-19)34(30,31)27-24(29)32-7)20-9-8-18(13-17(20)3)15-28-11-10-26-23(28)25(4,5)6/h8-11,13-14,16H,12,15H2,1-7H3,(H,27,29). The van der Waals surface area contributed by atoms with Crippen LogP contribution < -0.4 is 4.72 Å². The molecule has 0 atom stereocenters. The fraction of sp³-hybridized carbons (Fsp3) is 0.440. The third kappa shape index (κ3) is 5.88. The van der Waals surface area contributed by atoms with Gasteiger partial charge in [-0.2, -0.15) is 0 Å². The lowest BCUT2D eigenvalue weighted by atomic mass is 9.95. The van der Waals surface area contributed by atoms with E-state index < -0.39 is 16.1 Å². The molecule has 0 saturated heterocycles. The van der Waals surface area contributed by atoms with Crippen molar-refractivity contribution >= 4 is 27.5 Å². The molecule has 3 rings (SSSR count). The van der Waals surface area contributed by atoms with E-state index in [4.69, 9.17) is 0 Å². The number of benzene rings is 1. The molecule has 1 amide bonds. The summed E-state index contributed by atoms with van der Waals surface area (Å²) in [5.41, 5.74) is 3.40. The molecular weight excluding hydrogens is 470 g/mol. The number of hydrogen-bond donors (Lipinski definition) is 1. The number of aromatic nitrogens is 2. The van der Waals surface area contributed by atoms with Crippen molar-refractivity contribution in [3.05, 3.63) is 58.5 Å².